The van der Waals surface area contributed by atoms with Crippen LogP contribution in [0.4, 0.5) is 5.69 Å². The van der Waals surface area contributed by atoms with E-state index in [4.69, 9.17) is 4.74 Å². The zero-order chi connectivity index (χ0) is 21.5. The molecule has 0 fully saturated rings. The molecule has 0 saturated carbocycles. The van der Waals surface area contributed by atoms with Crippen molar-refractivity contribution in [2.75, 3.05) is 11.9 Å². The van der Waals surface area contributed by atoms with E-state index >= 15 is 0 Å². The van der Waals surface area contributed by atoms with Crippen LogP contribution in [0.15, 0.2) is 72.8 Å². The van der Waals surface area contributed by atoms with E-state index in [1.54, 1.807) is 24.3 Å². The lowest BCUT2D eigenvalue weighted by Gasteiger charge is -2.09. The molecule has 0 radical (unpaired) electrons. The van der Waals surface area contributed by atoms with Gasteiger partial charge in [-0.25, -0.2) is 4.79 Å². The summed E-state index contributed by atoms with van der Waals surface area (Å²) >= 11 is 0. The summed E-state index contributed by atoms with van der Waals surface area (Å²) in [5.41, 5.74) is 4.01. The Morgan fingerprint density at radius 2 is 1.63 bits per heavy atom. The molecule has 0 atom stereocenters. The monoisotopic (exact) mass is 401 g/mol. The number of carbonyl (C=O) groups excluding carboxylic acids is 3. The number of ketones is 1. The fraction of sp³-hybridized carbons (Fsp3) is 0.160. The maximum absolute atomic E-state index is 12.4. The highest BCUT2D eigenvalue weighted by atomic mass is 16.5. The summed E-state index contributed by atoms with van der Waals surface area (Å²) in [4.78, 5) is 37.0. The van der Waals surface area contributed by atoms with Gasteiger partial charge >= 0.3 is 5.97 Å². The maximum Gasteiger partial charge on any atom is 0.338 e. The molecule has 0 saturated heterocycles. The molecule has 0 aromatic heterocycles. The van der Waals surface area contributed by atoms with Gasteiger partial charge in [-0.2, -0.15) is 0 Å². The number of ether oxygens (including phenoxy) is 1. The van der Waals surface area contributed by atoms with Crippen LogP contribution in [0.25, 0.3) is 0 Å². The van der Waals surface area contributed by atoms with Gasteiger partial charge in [-0.3, -0.25) is 9.59 Å². The van der Waals surface area contributed by atoms with Crippen LogP contribution in [0.2, 0.25) is 0 Å². The zero-order valence-corrected chi connectivity index (χ0v) is 17.0. The van der Waals surface area contributed by atoms with Gasteiger partial charge in [-0.15, -0.1) is 0 Å². The van der Waals surface area contributed by atoms with E-state index in [1.807, 2.05) is 56.3 Å². The van der Waals surface area contributed by atoms with Crippen LogP contribution in [0, 0.1) is 13.8 Å². The molecule has 0 aliphatic rings. The highest BCUT2D eigenvalue weighted by molar-refractivity contribution is 6.01. The Morgan fingerprint density at radius 1 is 0.867 bits per heavy atom. The van der Waals surface area contributed by atoms with Crippen molar-refractivity contribution in [2.45, 2.75) is 20.3 Å². The second kappa shape index (κ2) is 9.65. The third-order valence-electron chi connectivity index (χ3n) is 4.62. The number of hydrogen-bond donors (Lipinski definition) is 1. The first-order valence-electron chi connectivity index (χ1n) is 9.64. The van der Waals surface area contributed by atoms with Crippen LogP contribution in [-0.4, -0.2) is 24.3 Å². The van der Waals surface area contributed by atoms with Gasteiger partial charge in [0.05, 0.1) is 12.0 Å². The second-order valence-electron chi connectivity index (χ2n) is 7.11. The lowest BCUT2D eigenvalue weighted by atomic mass is 10.0. The number of aryl methyl sites for hydroxylation is 2. The van der Waals surface area contributed by atoms with Gasteiger partial charge in [0.25, 0.3) is 0 Å². The summed E-state index contributed by atoms with van der Waals surface area (Å²) in [6, 6.07) is 21.4. The van der Waals surface area contributed by atoms with Gasteiger partial charge in [0, 0.05) is 11.3 Å². The Labute approximate surface area is 175 Å². The number of benzene rings is 3. The first-order chi connectivity index (χ1) is 14.4. The predicted octanol–water partition coefficient (Wildman–Crippen LogP) is 4.52. The van der Waals surface area contributed by atoms with Gasteiger partial charge in [-0.05, 0) is 49.2 Å². The van der Waals surface area contributed by atoms with Crippen LogP contribution >= 0.6 is 0 Å². The Bertz CT molecular complexity index is 1070. The van der Waals surface area contributed by atoms with E-state index < -0.39 is 5.97 Å². The van der Waals surface area contributed by atoms with Crippen molar-refractivity contribution in [3.63, 3.8) is 0 Å². The van der Waals surface area contributed by atoms with E-state index in [1.165, 1.54) is 6.07 Å². The number of carbonyl (C=O) groups is 3. The standard InChI is InChI=1S/C25H23NO4/c1-17-11-12-18(2)22(13-17)23(27)16-30-25(29)20-9-6-10-21(15-20)26-24(28)14-19-7-4-3-5-8-19/h3-13,15H,14,16H2,1-2H3,(H,26,28). The van der Waals surface area contributed by atoms with Crippen molar-refractivity contribution in [3.05, 3.63) is 101 Å². The van der Waals surface area contributed by atoms with Gasteiger partial charge in [0.2, 0.25) is 11.7 Å². The molecule has 0 spiro atoms. The number of anilines is 1. The summed E-state index contributed by atoms with van der Waals surface area (Å²) < 4.78 is 5.19. The molecular formula is C25H23NO4. The zero-order valence-electron chi connectivity index (χ0n) is 17.0. The average molecular weight is 401 g/mol. The molecule has 0 aliphatic heterocycles. The summed E-state index contributed by atoms with van der Waals surface area (Å²) in [6.07, 6.45) is 0.236. The number of amides is 1. The molecule has 1 amide bonds. The van der Waals surface area contributed by atoms with Gasteiger partial charge in [0.1, 0.15) is 0 Å². The molecule has 1 N–H and O–H groups in total. The normalized spacial score (nSPS) is 10.3. The van der Waals surface area contributed by atoms with Crippen molar-refractivity contribution < 1.29 is 19.1 Å². The number of rotatable bonds is 7. The van der Waals surface area contributed by atoms with E-state index in [-0.39, 0.29) is 30.3 Å². The third kappa shape index (κ3) is 5.64. The summed E-state index contributed by atoms with van der Waals surface area (Å²) in [5.74, 6) is -1.05. The van der Waals surface area contributed by atoms with Crippen molar-refractivity contribution >= 4 is 23.3 Å². The summed E-state index contributed by atoms with van der Waals surface area (Å²) in [6.45, 7) is 3.41. The first-order valence-corrected chi connectivity index (χ1v) is 9.64. The summed E-state index contributed by atoms with van der Waals surface area (Å²) in [7, 11) is 0. The molecular weight excluding hydrogens is 378 g/mol. The van der Waals surface area contributed by atoms with Crippen molar-refractivity contribution in [1.29, 1.82) is 0 Å². The number of nitrogens with one attached hydrogen (secondary N) is 1. The summed E-state index contributed by atoms with van der Waals surface area (Å²) in [5, 5.41) is 2.78. The fourth-order valence-corrected chi connectivity index (χ4v) is 3.04. The molecule has 5 nitrogen and oxygen atoms in total. The molecule has 3 rings (SSSR count). The van der Waals surface area contributed by atoms with E-state index in [9.17, 15) is 14.4 Å². The SMILES string of the molecule is Cc1ccc(C)c(C(=O)COC(=O)c2cccc(NC(=O)Cc3ccccc3)c2)c1. The van der Waals surface area contributed by atoms with Crippen LogP contribution in [0.1, 0.15) is 37.4 Å². The van der Waals surface area contributed by atoms with Gasteiger partial charge in [-0.1, -0.05) is 54.1 Å². The molecule has 0 heterocycles. The minimum Gasteiger partial charge on any atom is -0.454 e. The third-order valence-corrected chi connectivity index (χ3v) is 4.62. The highest BCUT2D eigenvalue weighted by Gasteiger charge is 2.14. The molecule has 5 heteroatoms. The Kier molecular flexibility index (Phi) is 6.75. The topological polar surface area (TPSA) is 72.5 Å². The quantitative estimate of drug-likeness (QED) is 0.467. The van der Waals surface area contributed by atoms with Crippen LogP contribution < -0.4 is 5.32 Å². The van der Waals surface area contributed by atoms with Crippen LogP contribution in [0.3, 0.4) is 0 Å². The molecule has 152 valence electrons. The van der Waals surface area contributed by atoms with E-state index in [2.05, 4.69) is 5.32 Å². The Morgan fingerprint density at radius 3 is 2.40 bits per heavy atom. The fourth-order valence-electron chi connectivity index (χ4n) is 3.04. The Balaban J connectivity index is 1.59. The maximum atomic E-state index is 12.4. The molecule has 3 aromatic rings. The minimum atomic E-state index is -0.618. The molecule has 0 unspecified atom stereocenters. The average Bonchev–Trinajstić information content (AvgIpc) is 2.74. The lowest BCUT2D eigenvalue weighted by Crippen LogP contribution is -2.16. The largest absolute Gasteiger partial charge is 0.454 e. The van der Waals surface area contributed by atoms with E-state index in [0.717, 1.165) is 16.7 Å². The first kappa shape index (κ1) is 21.0. The minimum absolute atomic E-state index is 0.184. The van der Waals surface area contributed by atoms with Crippen molar-refractivity contribution in [3.8, 4) is 0 Å². The number of Topliss-reactive ketones (excluding diaryl/α,β-unsaturated/α-hetero) is 1. The van der Waals surface area contributed by atoms with Crippen LogP contribution in [-0.2, 0) is 16.0 Å². The number of hydrogen-bond acceptors (Lipinski definition) is 4. The molecule has 30 heavy (non-hydrogen) atoms. The van der Waals surface area contributed by atoms with Gasteiger partial charge in [0.15, 0.2) is 6.61 Å². The van der Waals surface area contributed by atoms with Crippen molar-refractivity contribution in [2.24, 2.45) is 0 Å². The smallest absolute Gasteiger partial charge is 0.338 e. The molecule has 3 aromatic carbocycles. The van der Waals surface area contributed by atoms with E-state index in [0.29, 0.717) is 11.3 Å². The van der Waals surface area contributed by atoms with Crippen molar-refractivity contribution in [1.82, 2.24) is 0 Å². The highest BCUT2D eigenvalue weighted by Crippen LogP contribution is 2.15. The number of esters is 1. The molecule has 0 bridgehead atoms. The second-order valence-corrected chi connectivity index (χ2v) is 7.11. The molecule has 0 aliphatic carbocycles. The van der Waals surface area contributed by atoms with Crippen LogP contribution in [0.5, 0.6) is 0 Å². The lowest BCUT2D eigenvalue weighted by molar-refractivity contribution is -0.115. The van der Waals surface area contributed by atoms with Gasteiger partial charge < -0.3 is 10.1 Å². The predicted molar refractivity (Wildman–Crippen MR) is 116 cm³/mol. The Hall–Kier alpha value is -3.73.